The van der Waals surface area contributed by atoms with Gasteiger partial charge in [-0.2, -0.15) is 5.10 Å². The van der Waals surface area contributed by atoms with Gasteiger partial charge in [0, 0.05) is 54.5 Å². The summed E-state index contributed by atoms with van der Waals surface area (Å²) in [7, 11) is 0. The van der Waals surface area contributed by atoms with Gasteiger partial charge in [-0.15, -0.1) is 0 Å². The van der Waals surface area contributed by atoms with Crippen molar-refractivity contribution in [3.8, 4) is 11.3 Å². The van der Waals surface area contributed by atoms with E-state index in [1.54, 1.807) is 41.6 Å². The van der Waals surface area contributed by atoms with Gasteiger partial charge in [0.25, 0.3) is 11.5 Å². The lowest BCUT2D eigenvalue weighted by molar-refractivity contribution is 0.0447. The van der Waals surface area contributed by atoms with Crippen LogP contribution < -0.4 is 5.56 Å². The van der Waals surface area contributed by atoms with Gasteiger partial charge in [0.1, 0.15) is 0 Å². The summed E-state index contributed by atoms with van der Waals surface area (Å²) in [4.78, 5) is 30.5. The second-order valence-corrected chi connectivity index (χ2v) is 8.38. The monoisotopic (exact) mass is 393 g/mol. The van der Waals surface area contributed by atoms with E-state index < -0.39 is 0 Å². The summed E-state index contributed by atoms with van der Waals surface area (Å²) >= 11 is 0. The Morgan fingerprint density at radius 2 is 2.03 bits per heavy atom. The number of carbonyl (C=O) groups excluding carboxylic acids is 1. The number of nitrogens with zero attached hydrogens (tertiary/aromatic N) is 5. The third-order valence-electron chi connectivity index (χ3n) is 4.99. The Morgan fingerprint density at radius 3 is 2.72 bits per heavy atom. The average molecular weight is 393 g/mol. The summed E-state index contributed by atoms with van der Waals surface area (Å²) in [6.45, 7) is 7.79. The minimum absolute atomic E-state index is 0.125. The normalized spacial score (nSPS) is 14.7. The number of hydrogen-bond donors (Lipinski definition) is 0. The molecule has 1 amide bonds. The van der Waals surface area contributed by atoms with Gasteiger partial charge in [-0.25, -0.2) is 4.68 Å². The van der Waals surface area contributed by atoms with E-state index in [2.05, 4.69) is 36.0 Å². The van der Waals surface area contributed by atoms with Crippen LogP contribution in [0, 0.1) is 5.92 Å². The molecule has 0 spiro atoms. The predicted octanol–water partition coefficient (Wildman–Crippen LogP) is 2.36. The number of carbonyl (C=O) groups is 1. The Bertz CT molecular complexity index is 1080. The van der Waals surface area contributed by atoms with Gasteiger partial charge < -0.3 is 9.42 Å². The molecule has 1 aliphatic heterocycles. The van der Waals surface area contributed by atoms with Gasteiger partial charge in [0.15, 0.2) is 11.5 Å². The molecule has 4 heterocycles. The Kier molecular flexibility index (Phi) is 4.77. The maximum absolute atomic E-state index is 12.6. The molecule has 1 saturated heterocycles. The molecule has 8 heteroatoms. The van der Waals surface area contributed by atoms with Gasteiger partial charge in [-0.05, 0) is 18.2 Å². The summed E-state index contributed by atoms with van der Waals surface area (Å²) in [5, 5.41) is 8.39. The molecule has 4 rings (SSSR count). The molecule has 0 aromatic carbocycles. The number of amides is 1. The minimum Gasteiger partial charge on any atom is -0.355 e. The molecule has 1 aliphatic rings. The zero-order chi connectivity index (χ0) is 20.6. The van der Waals surface area contributed by atoms with E-state index in [9.17, 15) is 9.59 Å². The first-order valence-electron chi connectivity index (χ1n) is 9.56. The molecule has 0 N–H and O–H groups in total. The first kappa shape index (κ1) is 19.0. The number of hydrogen-bond acceptors (Lipinski definition) is 6. The second-order valence-electron chi connectivity index (χ2n) is 8.38. The van der Waals surface area contributed by atoms with Crippen LogP contribution >= 0.6 is 0 Å². The third kappa shape index (κ3) is 3.96. The Labute approximate surface area is 168 Å². The highest BCUT2D eigenvalue weighted by atomic mass is 16.5. The molecule has 3 aromatic heterocycles. The molecule has 0 aliphatic carbocycles. The van der Waals surface area contributed by atoms with E-state index >= 15 is 0 Å². The number of aromatic nitrogens is 4. The molecule has 0 saturated carbocycles. The lowest BCUT2D eigenvalue weighted by atomic mass is 9.92. The quantitative estimate of drug-likeness (QED) is 0.675. The molecule has 0 unspecified atom stereocenters. The SMILES string of the molecule is CC(C)(C)c1ccc(=O)n(CC2CN(C(=O)c3cc(-c4cccnc4)on3)C2)n1. The molecular formula is C21H23N5O3. The van der Waals surface area contributed by atoms with Crippen LogP contribution in [0.1, 0.15) is 37.0 Å². The third-order valence-corrected chi connectivity index (χ3v) is 4.99. The second kappa shape index (κ2) is 7.27. The summed E-state index contributed by atoms with van der Waals surface area (Å²) < 4.78 is 6.78. The van der Waals surface area contributed by atoms with Crippen LogP contribution in [-0.2, 0) is 12.0 Å². The lowest BCUT2D eigenvalue weighted by Gasteiger charge is -2.38. The molecule has 8 nitrogen and oxygen atoms in total. The Morgan fingerprint density at radius 1 is 1.24 bits per heavy atom. The van der Waals surface area contributed by atoms with Gasteiger partial charge in [0.05, 0.1) is 12.2 Å². The van der Waals surface area contributed by atoms with Crippen LogP contribution in [0.15, 0.2) is 52.0 Å². The molecule has 29 heavy (non-hydrogen) atoms. The lowest BCUT2D eigenvalue weighted by Crippen LogP contribution is -2.52. The zero-order valence-electron chi connectivity index (χ0n) is 16.7. The zero-order valence-corrected chi connectivity index (χ0v) is 16.7. The van der Waals surface area contributed by atoms with E-state index in [0.717, 1.165) is 11.3 Å². The van der Waals surface area contributed by atoms with Crippen molar-refractivity contribution in [3.63, 3.8) is 0 Å². The van der Waals surface area contributed by atoms with Crippen molar-refractivity contribution < 1.29 is 9.32 Å². The van der Waals surface area contributed by atoms with Crippen LogP contribution in [0.5, 0.6) is 0 Å². The molecule has 0 atom stereocenters. The van der Waals surface area contributed by atoms with Gasteiger partial charge in [-0.1, -0.05) is 25.9 Å². The van der Waals surface area contributed by atoms with Crippen LogP contribution in [0.4, 0.5) is 0 Å². The van der Waals surface area contributed by atoms with Crippen molar-refractivity contribution in [3.05, 3.63) is 64.5 Å². The molecular weight excluding hydrogens is 370 g/mol. The minimum atomic E-state index is -0.177. The van der Waals surface area contributed by atoms with E-state index in [0.29, 0.717) is 25.4 Å². The average Bonchev–Trinajstić information content (AvgIpc) is 3.15. The fraction of sp³-hybridized carbons (Fsp3) is 0.381. The van der Waals surface area contributed by atoms with E-state index in [1.165, 1.54) is 4.68 Å². The number of rotatable bonds is 4. The number of likely N-dealkylation sites (tertiary alicyclic amines) is 1. The molecule has 150 valence electrons. The van der Waals surface area contributed by atoms with E-state index in [1.807, 2.05) is 6.07 Å². The molecule has 1 fully saturated rings. The highest BCUT2D eigenvalue weighted by Gasteiger charge is 2.33. The van der Waals surface area contributed by atoms with Crippen molar-refractivity contribution in [1.29, 1.82) is 0 Å². The van der Waals surface area contributed by atoms with Crippen LogP contribution in [0.25, 0.3) is 11.3 Å². The van der Waals surface area contributed by atoms with Gasteiger partial charge >= 0.3 is 0 Å². The maximum atomic E-state index is 12.6. The fourth-order valence-electron chi connectivity index (χ4n) is 3.26. The first-order chi connectivity index (χ1) is 13.8. The van der Waals surface area contributed by atoms with Gasteiger partial charge in [0.2, 0.25) is 0 Å². The standard InChI is InChI=1S/C21H23N5O3/c1-21(2,3)18-6-7-19(27)26(23-18)13-14-11-25(12-14)20(28)16-9-17(29-24-16)15-5-4-8-22-10-15/h4-10,14H,11-13H2,1-3H3. The molecule has 3 aromatic rings. The topological polar surface area (TPSA) is 94.1 Å². The Balaban J connectivity index is 1.39. The molecule has 0 radical (unpaired) electrons. The van der Waals surface area contributed by atoms with Crippen molar-refractivity contribution >= 4 is 5.91 Å². The van der Waals surface area contributed by atoms with Crippen molar-refractivity contribution in [2.45, 2.75) is 32.7 Å². The first-order valence-corrected chi connectivity index (χ1v) is 9.56. The van der Waals surface area contributed by atoms with Crippen LogP contribution in [0.3, 0.4) is 0 Å². The van der Waals surface area contributed by atoms with Crippen LogP contribution in [-0.4, -0.2) is 43.8 Å². The summed E-state index contributed by atoms with van der Waals surface area (Å²) in [6, 6.07) is 8.61. The van der Waals surface area contributed by atoms with Gasteiger partial charge in [-0.3, -0.25) is 14.6 Å². The fourth-order valence-corrected chi connectivity index (χ4v) is 3.26. The maximum Gasteiger partial charge on any atom is 0.276 e. The predicted molar refractivity (Wildman–Crippen MR) is 106 cm³/mol. The van der Waals surface area contributed by atoms with Crippen LogP contribution in [0.2, 0.25) is 0 Å². The summed E-state index contributed by atoms with van der Waals surface area (Å²) in [5.41, 5.74) is 1.66. The highest BCUT2D eigenvalue weighted by Crippen LogP contribution is 2.24. The Hall–Kier alpha value is -3.29. The highest BCUT2D eigenvalue weighted by molar-refractivity contribution is 5.93. The summed E-state index contributed by atoms with van der Waals surface area (Å²) in [6.07, 6.45) is 3.33. The van der Waals surface area contributed by atoms with Crippen molar-refractivity contribution in [2.24, 2.45) is 5.92 Å². The summed E-state index contributed by atoms with van der Waals surface area (Å²) in [5.74, 6) is 0.515. The van der Waals surface area contributed by atoms with Crippen molar-refractivity contribution in [1.82, 2.24) is 24.8 Å². The molecule has 0 bridgehead atoms. The smallest absolute Gasteiger partial charge is 0.276 e. The largest absolute Gasteiger partial charge is 0.355 e. The number of pyridine rings is 1. The van der Waals surface area contributed by atoms with Crippen molar-refractivity contribution in [2.75, 3.05) is 13.1 Å². The van der Waals surface area contributed by atoms with E-state index in [-0.39, 0.29) is 28.5 Å². The van der Waals surface area contributed by atoms with E-state index in [4.69, 9.17) is 4.52 Å².